The SMILES string of the molecule is C.C.C.C.CC(=O)NC1[C@H](OCCCCCCOP(=O)(O)OCCCOCC(COCCCOP(=O)(O)OCCCCCCO[C@@H]2OC(CO)[C@H](O)[C@H](O)C2C)(COCCCOP(=O)(O)OCCCCCCO[C@@H]2OC(CO)[C@H](O)[C@H](O)C2C)COP(=O)(O)OCOCC(CO)COCOP(=O)(O)O[C@H]2C[C@H](n3cnc4c(C)ncnc43)O[C@@H]2COP(=O)(O)C(C)C)OC(CO)[C@H](O)[C@@H]1O. The number of hydrogen-bond acceptors (Lipinski definition) is 43. The molecule has 17 N–H and O–H groups in total. The van der Waals surface area contributed by atoms with Crippen LogP contribution in [0.5, 0.6) is 0 Å². The highest BCUT2D eigenvalue weighted by molar-refractivity contribution is 7.53. The molecule has 4 aliphatic rings. The number of aliphatic hydroxyl groups excluding tert-OH is 10. The molecular formula is C78H155N5O46P6. The van der Waals surface area contributed by atoms with Gasteiger partial charge in [-0.1, -0.05) is 95.9 Å². The van der Waals surface area contributed by atoms with E-state index in [0.717, 1.165) is 0 Å². The molecule has 4 saturated heterocycles. The smallest absolute Gasteiger partial charge is 0.396 e. The van der Waals surface area contributed by atoms with E-state index in [1.807, 2.05) is 0 Å². The molecule has 0 bridgehead atoms. The first-order valence-corrected chi connectivity index (χ1v) is 52.6. The molecule has 6 rings (SSSR count). The van der Waals surface area contributed by atoms with Gasteiger partial charge < -0.3 is 147 Å². The number of phosphoric acid groups is 5. The molecule has 4 fully saturated rings. The third-order valence-electron chi connectivity index (χ3n) is 21.1. The molecule has 13 unspecified atom stereocenters. The van der Waals surface area contributed by atoms with Gasteiger partial charge in [-0.05, 0) is 64.7 Å². The maximum absolute atomic E-state index is 13.8. The van der Waals surface area contributed by atoms with Crippen molar-refractivity contribution in [1.82, 2.24) is 24.8 Å². The summed E-state index contributed by atoms with van der Waals surface area (Å²) in [6, 6.07) is -1.13. The second-order valence-corrected chi connectivity index (χ2v) is 41.9. The second kappa shape index (κ2) is 66.1. The van der Waals surface area contributed by atoms with Crippen LogP contribution in [0.4, 0.5) is 0 Å². The van der Waals surface area contributed by atoms with Crippen LogP contribution < -0.4 is 5.32 Å². The Morgan fingerprint density at radius 3 is 1.25 bits per heavy atom. The normalized spacial score (nSPS) is 27.7. The summed E-state index contributed by atoms with van der Waals surface area (Å²) in [7, 11) is -28.3. The molecule has 0 saturated carbocycles. The van der Waals surface area contributed by atoms with Gasteiger partial charge in [0.1, 0.15) is 79.0 Å². The summed E-state index contributed by atoms with van der Waals surface area (Å²) in [5, 5.41) is 103. The number of imidazole rings is 1. The van der Waals surface area contributed by atoms with E-state index in [-0.39, 0.29) is 128 Å². The zero-order valence-corrected chi connectivity index (χ0v) is 79.9. The predicted octanol–water partition coefficient (Wildman–Crippen LogP) is 5.20. The summed E-state index contributed by atoms with van der Waals surface area (Å²) >= 11 is 0. The Morgan fingerprint density at radius 2 is 0.844 bits per heavy atom. The third kappa shape index (κ3) is 46.8. The van der Waals surface area contributed by atoms with Gasteiger partial charge >= 0.3 is 46.7 Å². The number of unbranched alkanes of at least 4 members (excludes halogenated alkanes) is 9. The third-order valence-corrected chi connectivity index (χ3v) is 27.8. The maximum Gasteiger partial charge on any atom is 0.474 e. The predicted molar refractivity (Wildman–Crippen MR) is 478 cm³/mol. The molecule has 6 heterocycles. The minimum Gasteiger partial charge on any atom is -0.396 e. The van der Waals surface area contributed by atoms with Crippen molar-refractivity contribution in [2.24, 2.45) is 23.2 Å². The summed E-state index contributed by atoms with van der Waals surface area (Å²) in [5.74, 6) is -2.61. The number of amides is 1. The fourth-order valence-electron chi connectivity index (χ4n) is 13.4. The minimum atomic E-state index is -5.19. The number of rotatable bonds is 73. The van der Waals surface area contributed by atoms with E-state index in [1.54, 1.807) is 20.8 Å². The van der Waals surface area contributed by atoms with Gasteiger partial charge in [0.15, 0.2) is 38.1 Å². The Hall–Kier alpha value is -2.16. The lowest BCUT2D eigenvalue weighted by molar-refractivity contribution is -0.282. The lowest BCUT2D eigenvalue weighted by atomic mass is 9.92. The summed E-state index contributed by atoms with van der Waals surface area (Å²) in [4.78, 5) is 88.5. The lowest BCUT2D eigenvalue weighted by Crippen LogP contribution is -2.64. The highest BCUT2D eigenvalue weighted by Gasteiger charge is 2.49. The monoisotopic (exact) mass is 2080 g/mol. The molecular weight excluding hydrogens is 1930 g/mol. The Morgan fingerprint density at radius 1 is 0.459 bits per heavy atom. The molecule has 2 aromatic rings. The number of aliphatic hydroxyl groups is 10. The van der Waals surface area contributed by atoms with Crippen LogP contribution in [-0.4, -0.2) is 369 Å². The number of carbonyl (C=O) groups excluding carboxylic acids is 1. The standard InChI is InChI=1S/C74H139N5O46P6.4CH4/c1-50(2)126(91,92)117-41-60-56(34-61(121-60)79-47-77-62-53(5)75-46-76-70(62)79)125-131(101,102)120-49-107-40-55(35-80)39-106-48-119-130(99,100)118-45-74(42-103-22-19-31-114-127(93,94)111-28-16-10-7-13-25-108-71-51(3)64(85)66(87)57(36-81)122-71,43-104-23-20-32-115-128(95,96)112-29-17-11-8-14-26-109-72-52(4)65(86)67(88)58(37-82)123-72)44-105-24-21-33-116-129(97,98)113-30-18-12-9-15-27-110-73-63(78-54(6)84)69(90)68(89)59(38-83)124-73;;;;/h46-47,50-52,55-61,63-69,71-73,80-83,85-90H,7-45,48-49H2,1-6H3,(H,78,84)(H,91,92)(H,93,94)(H,95,96)(H,97,98)(H,99,100)(H,101,102);4*1H4/t51?,52?,55?,56-,57?,58?,59?,60+,61+,63?,64+,65+,66-,67-,68-,69+,71+,72+,73+,74?;;;;/m0..../s1. The van der Waals surface area contributed by atoms with E-state index in [4.69, 9.17) is 107 Å². The molecule has 57 heteroatoms. The van der Waals surface area contributed by atoms with E-state index in [2.05, 4.69) is 20.3 Å². The number of carbonyl (C=O) groups is 1. The summed E-state index contributed by atoms with van der Waals surface area (Å²) in [6.45, 7) is -0.458. The van der Waals surface area contributed by atoms with Crippen molar-refractivity contribution in [3.63, 3.8) is 0 Å². The Balaban J connectivity index is 0.0000154. The summed E-state index contributed by atoms with van der Waals surface area (Å²) in [5.41, 5.74) is -1.07. The number of ether oxygens (including phenoxy) is 12. The molecule has 4 aliphatic heterocycles. The van der Waals surface area contributed by atoms with E-state index in [1.165, 1.54) is 38.0 Å². The van der Waals surface area contributed by atoms with Gasteiger partial charge in [-0.15, -0.1) is 0 Å². The largest absolute Gasteiger partial charge is 0.474 e. The second-order valence-electron chi connectivity index (χ2n) is 32.3. The fourth-order valence-corrected chi connectivity index (χ4v) is 18.0. The van der Waals surface area contributed by atoms with Crippen LogP contribution in [-0.2, 0) is 139 Å². The Bertz CT molecular complexity index is 3740. The lowest BCUT2D eigenvalue weighted by Gasteiger charge is -2.42. The zero-order valence-electron chi connectivity index (χ0n) is 74.6. The van der Waals surface area contributed by atoms with E-state index in [0.29, 0.717) is 93.9 Å². The number of phosphoric ester groups is 5. The molecule has 0 aliphatic carbocycles. The van der Waals surface area contributed by atoms with Crippen LogP contribution in [0, 0.1) is 30.1 Å². The first-order chi connectivity index (χ1) is 62.1. The average molecular weight is 2080 g/mol. The van der Waals surface area contributed by atoms with Crippen LogP contribution >= 0.6 is 46.7 Å². The van der Waals surface area contributed by atoms with Crippen molar-refractivity contribution < 1.29 is 219 Å². The van der Waals surface area contributed by atoms with Crippen molar-refractivity contribution >= 4 is 63.8 Å². The zero-order chi connectivity index (χ0) is 96.4. The quantitative estimate of drug-likeness (QED) is 0.0230. The molecule has 2 aromatic heterocycles. The van der Waals surface area contributed by atoms with Gasteiger partial charge in [0.25, 0.3) is 0 Å². The molecule has 0 radical (unpaired) electrons. The number of hydrogen-bond donors (Lipinski definition) is 17. The topological polar surface area (TPSA) is 711 Å². The van der Waals surface area contributed by atoms with Crippen molar-refractivity contribution in [2.75, 3.05) is 166 Å². The van der Waals surface area contributed by atoms with Crippen LogP contribution in [0.2, 0.25) is 0 Å². The average Bonchev–Trinajstić information content (AvgIpc) is 1.64. The first kappa shape index (κ1) is 129. The van der Waals surface area contributed by atoms with Gasteiger partial charge in [0, 0.05) is 70.7 Å². The van der Waals surface area contributed by atoms with Crippen LogP contribution in [0.25, 0.3) is 11.2 Å². The number of aryl methyl sites for hydroxylation is 1. The first-order valence-electron chi connectivity index (χ1n) is 43.5. The van der Waals surface area contributed by atoms with E-state index < -0.39 is 273 Å². The summed E-state index contributed by atoms with van der Waals surface area (Å²) in [6.07, 6.45) is -9.18. The Labute approximate surface area is 789 Å². The van der Waals surface area contributed by atoms with Crippen molar-refractivity contribution in [3.8, 4) is 0 Å². The highest BCUT2D eigenvalue weighted by Crippen LogP contribution is 2.53. The number of nitrogens with zero attached hydrogens (tertiary/aromatic N) is 4. The Kier molecular flexibility index (Phi) is 63.1. The number of nitrogens with one attached hydrogen (secondary N) is 1. The van der Waals surface area contributed by atoms with Gasteiger partial charge in [0.05, 0.1) is 148 Å². The van der Waals surface area contributed by atoms with Crippen molar-refractivity contribution in [1.29, 1.82) is 0 Å². The molecule has 798 valence electrons. The summed E-state index contributed by atoms with van der Waals surface area (Å²) < 4.78 is 207. The molecule has 1 amide bonds. The molecule has 25 atom stereocenters. The minimum absolute atomic E-state index is 0. The molecule has 0 aromatic carbocycles. The molecule has 0 spiro atoms. The highest BCUT2D eigenvalue weighted by atomic mass is 31.2. The van der Waals surface area contributed by atoms with Crippen LogP contribution in [0.1, 0.15) is 179 Å². The van der Waals surface area contributed by atoms with E-state index >= 15 is 0 Å². The van der Waals surface area contributed by atoms with Crippen LogP contribution in [0.3, 0.4) is 0 Å². The van der Waals surface area contributed by atoms with Gasteiger partial charge in [0.2, 0.25) is 5.91 Å². The van der Waals surface area contributed by atoms with E-state index in [9.17, 15) is 113 Å². The van der Waals surface area contributed by atoms with Crippen molar-refractivity contribution in [3.05, 3.63) is 18.3 Å². The molecule has 51 nitrogen and oxygen atoms in total. The van der Waals surface area contributed by atoms with Gasteiger partial charge in [-0.2, -0.15) is 0 Å². The number of aromatic nitrogens is 4. The maximum atomic E-state index is 13.8. The van der Waals surface area contributed by atoms with Gasteiger partial charge in [-0.25, -0.2) is 37.8 Å². The van der Waals surface area contributed by atoms with Crippen molar-refractivity contribution in [2.45, 2.75) is 278 Å². The molecule has 135 heavy (non-hydrogen) atoms. The van der Waals surface area contributed by atoms with Crippen LogP contribution in [0.15, 0.2) is 12.7 Å². The fraction of sp³-hybridized carbons (Fsp3) is 0.923. The number of fused-ring (bicyclic) bond motifs is 1. The van der Waals surface area contributed by atoms with Gasteiger partial charge in [-0.3, -0.25) is 59.2 Å².